The number of hydrogen-bond donors (Lipinski definition) is 2. The molecule has 1 aliphatic heterocycles. The summed E-state index contributed by atoms with van der Waals surface area (Å²) in [5.74, 6) is -0.890. The first-order chi connectivity index (χ1) is 8.00. The Morgan fingerprint density at radius 1 is 1.65 bits per heavy atom. The van der Waals surface area contributed by atoms with Gasteiger partial charge >= 0.3 is 5.88 Å². The van der Waals surface area contributed by atoms with E-state index in [1.54, 1.807) is 0 Å². The molecule has 7 heteroatoms. The van der Waals surface area contributed by atoms with E-state index in [1.807, 2.05) is 6.92 Å². The predicted octanol–water partition coefficient (Wildman–Crippen LogP) is 0.670. The molecule has 1 aromatic heterocycles. The molecule has 1 atom stereocenters. The van der Waals surface area contributed by atoms with Crippen LogP contribution in [-0.2, 0) is 0 Å². The minimum atomic E-state index is -0.671. The van der Waals surface area contributed by atoms with Crippen LogP contribution in [0, 0.1) is 10.1 Å². The van der Waals surface area contributed by atoms with Crippen LogP contribution in [-0.4, -0.2) is 29.5 Å². The Kier molecular flexibility index (Phi) is 2.84. The van der Waals surface area contributed by atoms with Crippen molar-refractivity contribution >= 4 is 11.8 Å². The number of furan rings is 1. The van der Waals surface area contributed by atoms with Crippen molar-refractivity contribution in [2.45, 2.75) is 18.9 Å². The van der Waals surface area contributed by atoms with E-state index < -0.39 is 16.7 Å². The van der Waals surface area contributed by atoms with Gasteiger partial charge in [0.15, 0.2) is 5.76 Å². The molecule has 1 aromatic rings. The first-order valence-electron chi connectivity index (χ1n) is 5.28. The summed E-state index contributed by atoms with van der Waals surface area (Å²) in [6.45, 7) is 3.44. The highest BCUT2D eigenvalue weighted by Gasteiger charge is 2.31. The van der Waals surface area contributed by atoms with E-state index in [0.29, 0.717) is 6.54 Å². The number of amides is 1. The van der Waals surface area contributed by atoms with E-state index in [2.05, 4.69) is 10.6 Å². The third-order valence-electron chi connectivity index (χ3n) is 2.78. The molecule has 0 aromatic carbocycles. The molecule has 0 saturated carbocycles. The van der Waals surface area contributed by atoms with Crippen LogP contribution in [0.3, 0.4) is 0 Å². The van der Waals surface area contributed by atoms with Crippen molar-refractivity contribution in [1.82, 2.24) is 10.6 Å². The van der Waals surface area contributed by atoms with Gasteiger partial charge in [-0.15, -0.1) is 0 Å². The fourth-order valence-electron chi connectivity index (χ4n) is 1.81. The average molecular weight is 239 g/mol. The summed E-state index contributed by atoms with van der Waals surface area (Å²) >= 11 is 0. The second kappa shape index (κ2) is 4.17. The molecule has 0 spiro atoms. The van der Waals surface area contributed by atoms with Crippen LogP contribution < -0.4 is 10.6 Å². The highest BCUT2D eigenvalue weighted by atomic mass is 16.6. The zero-order valence-electron chi connectivity index (χ0n) is 9.36. The van der Waals surface area contributed by atoms with Crippen LogP contribution in [0.4, 0.5) is 5.88 Å². The molecule has 0 aliphatic carbocycles. The number of rotatable bonds is 3. The number of nitrogens with one attached hydrogen (secondary N) is 2. The lowest BCUT2D eigenvalue weighted by atomic mass is 10.0. The Labute approximate surface area is 97.3 Å². The van der Waals surface area contributed by atoms with Crippen molar-refractivity contribution in [3.05, 3.63) is 28.0 Å². The maximum Gasteiger partial charge on any atom is 0.433 e. The fourth-order valence-corrected chi connectivity index (χ4v) is 1.81. The second-order valence-corrected chi connectivity index (χ2v) is 4.34. The third kappa shape index (κ3) is 2.44. The van der Waals surface area contributed by atoms with E-state index in [4.69, 9.17) is 4.42 Å². The van der Waals surface area contributed by atoms with Crippen molar-refractivity contribution in [1.29, 1.82) is 0 Å². The molecule has 1 amide bonds. The van der Waals surface area contributed by atoms with Crippen LogP contribution in [0.15, 0.2) is 16.5 Å². The lowest BCUT2D eigenvalue weighted by Crippen LogP contribution is -2.47. The van der Waals surface area contributed by atoms with Crippen LogP contribution >= 0.6 is 0 Å². The molecule has 2 rings (SSSR count). The number of nitro groups is 1. The molecule has 1 unspecified atom stereocenters. The minimum Gasteiger partial charge on any atom is -0.395 e. The fraction of sp³-hybridized carbons (Fsp3) is 0.500. The Balaban J connectivity index is 2.06. The zero-order chi connectivity index (χ0) is 12.5. The quantitative estimate of drug-likeness (QED) is 0.596. The van der Waals surface area contributed by atoms with Crippen LogP contribution in [0.25, 0.3) is 0 Å². The standard InChI is InChI=1S/C10H13N3O4/c1-10(4-5-11-6-10)12-9(14)7-2-3-8(17-7)13(15)16/h2-3,11H,4-6H2,1H3,(H,12,14). The lowest BCUT2D eigenvalue weighted by Gasteiger charge is -2.23. The van der Waals surface area contributed by atoms with Crippen molar-refractivity contribution in [3.8, 4) is 0 Å². The van der Waals surface area contributed by atoms with Gasteiger partial charge in [0, 0.05) is 6.54 Å². The molecule has 7 nitrogen and oxygen atoms in total. The summed E-state index contributed by atoms with van der Waals surface area (Å²) in [5.41, 5.74) is -0.321. The summed E-state index contributed by atoms with van der Waals surface area (Å²) in [4.78, 5) is 21.5. The highest BCUT2D eigenvalue weighted by molar-refractivity contribution is 5.92. The van der Waals surface area contributed by atoms with Crippen LogP contribution in [0.1, 0.15) is 23.9 Å². The van der Waals surface area contributed by atoms with E-state index >= 15 is 0 Å². The number of hydrogen-bond acceptors (Lipinski definition) is 5. The molecule has 92 valence electrons. The first-order valence-corrected chi connectivity index (χ1v) is 5.28. The van der Waals surface area contributed by atoms with Gasteiger partial charge in [-0.2, -0.15) is 0 Å². The van der Waals surface area contributed by atoms with Gasteiger partial charge in [-0.05, 0) is 26.0 Å². The summed E-state index contributed by atoms with van der Waals surface area (Å²) in [6, 6.07) is 2.48. The second-order valence-electron chi connectivity index (χ2n) is 4.34. The molecular weight excluding hydrogens is 226 g/mol. The summed E-state index contributed by atoms with van der Waals surface area (Å²) in [6.07, 6.45) is 0.821. The van der Waals surface area contributed by atoms with Gasteiger partial charge in [0.2, 0.25) is 0 Å². The smallest absolute Gasteiger partial charge is 0.395 e. The third-order valence-corrected chi connectivity index (χ3v) is 2.78. The van der Waals surface area contributed by atoms with Crippen molar-refractivity contribution in [3.63, 3.8) is 0 Å². The molecule has 0 bridgehead atoms. The van der Waals surface area contributed by atoms with Gasteiger partial charge in [-0.1, -0.05) is 0 Å². The SMILES string of the molecule is CC1(NC(=O)c2ccc([N+](=O)[O-])o2)CCNC1. The van der Waals surface area contributed by atoms with E-state index in [1.165, 1.54) is 12.1 Å². The zero-order valence-corrected chi connectivity index (χ0v) is 9.36. The Morgan fingerprint density at radius 2 is 2.41 bits per heavy atom. The van der Waals surface area contributed by atoms with Gasteiger partial charge in [0.05, 0.1) is 11.6 Å². The van der Waals surface area contributed by atoms with Crippen LogP contribution in [0.5, 0.6) is 0 Å². The topological polar surface area (TPSA) is 97.4 Å². The Bertz CT molecular complexity index is 448. The van der Waals surface area contributed by atoms with E-state index in [-0.39, 0.29) is 11.3 Å². The van der Waals surface area contributed by atoms with E-state index in [9.17, 15) is 14.9 Å². The van der Waals surface area contributed by atoms with E-state index in [0.717, 1.165) is 13.0 Å². The highest BCUT2D eigenvalue weighted by Crippen LogP contribution is 2.18. The molecule has 2 heterocycles. The van der Waals surface area contributed by atoms with Gasteiger partial charge in [-0.25, -0.2) is 0 Å². The predicted molar refractivity (Wildman–Crippen MR) is 58.7 cm³/mol. The average Bonchev–Trinajstić information content (AvgIpc) is 2.86. The molecule has 17 heavy (non-hydrogen) atoms. The lowest BCUT2D eigenvalue weighted by molar-refractivity contribution is -0.402. The number of carbonyl (C=O) groups is 1. The van der Waals surface area contributed by atoms with Gasteiger partial charge in [0.25, 0.3) is 5.91 Å². The van der Waals surface area contributed by atoms with Gasteiger partial charge in [0.1, 0.15) is 4.92 Å². The van der Waals surface area contributed by atoms with Crippen LogP contribution in [0.2, 0.25) is 0 Å². The minimum absolute atomic E-state index is 0.0372. The maximum atomic E-state index is 11.8. The van der Waals surface area contributed by atoms with Gasteiger partial charge < -0.3 is 15.1 Å². The Hall–Kier alpha value is -1.89. The molecule has 0 radical (unpaired) electrons. The van der Waals surface area contributed by atoms with Crippen molar-refractivity contribution in [2.24, 2.45) is 0 Å². The molecule has 1 fully saturated rings. The number of nitrogens with zero attached hydrogens (tertiary/aromatic N) is 1. The van der Waals surface area contributed by atoms with Gasteiger partial charge in [-0.3, -0.25) is 14.9 Å². The molecular formula is C10H13N3O4. The summed E-state index contributed by atoms with van der Waals surface area (Å²) < 4.78 is 4.83. The molecule has 2 N–H and O–H groups in total. The van der Waals surface area contributed by atoms with Crippen molar-refractivity contribution < 1.29 is 14.1 Å². The monoisotopic (exact) mass is 239 g/mol. The summed E-state index contributed by atoms with van der Waals surface area (Å²) in [5, 5.41) is 16.4. The molecule has 1 saturated heterocycles. The first kappa shape index (κ1) is 11.6. The maximum absolute atomic E-state index is 11.8. The largest absolute Gasteiger partial charge is 0.433 e. The summed E-state index contributed by atoms with van der Waals surface area (Å²) in [7, 11) is 0. The number of carbonyl (C=O) groups excluding carboxylic acids is 1. The van der Waals surface area contributed by atoms with Crippen molar-refractivity contribution in [2.75, 3.05) is 13.1 Å². The Morgan fingerprint density at radius 3 is 2.94 bits per heavy atom. The normalized spacial score (nSPS) is 23.6. The molecule has 1 aliphatic rings.